The van der Waals surface area contributed by atoms with Crippen LogP contribution >= 0.6 is 0 Å². The number of benzene rings is 1. The Balaban J connectivity index is 1.49. The van der Waals surface area contributed by atoms with E-state index in [1.807, 2.05) is 43.3 Å². The van der Waals surface area contributed by atoms with Crippen molar-refractivity contribution in [1.29, 1.82) is 0 Å². The fraction of sp³-hybridized carbons (Fsp3) is 0.300. The minimum Gasteiger partial charge on any atom is -0.486 e. The molecule has 0 aliphatic carbocycles. The van der Waals surface area contributed by atoms with Crippen LogP contribution in [0.25, 0.3) is 0 Å². The number of aryl methyl sites for hydroxylation is 1. The molecule has 2 aromatic heterocycles. The molecule has 1 amide bonds. The summed E-state index contributed by atoms with van der Waals surface area (Å²) < 4.78 is 10.7. The number of H-pyrrole nitrogens is 1. The SMILES string of the molecule is Cc1cc(C2CCCN2C(=O)c2cnc(COc3ccccc3)[nH]c2=O)no1. The summed E-state index contributed by atoms with van der Waals surface area (Å²) in [6.45, 7) is 2.48. The first kappa shape index (κ1) is 18.0. The average Bonchev–Trinajstić information content (AvgIpc) is 3.35. The third kappa shape index (κ3) is 3.66. The number of aromatic nitrogens is 3. The van der Waals surface area contributed by atoms with Crippen molar-refractivity contribution in [1.82, 2.24) is 20.0 Å². The Kier molecular flexibility index (Phi) is 4.92. The molecule has 1 fully saturated rings. The van der Waals surface area contributed by atoms with E-state index in [4.69, 9.17) is 9.26 Å². The summed E-state index contributed by atoms with van der Waals surface area (Å²) in [4.78, 5) is 33.9. The van der Waals surface area contributed by atoms with Crippen molar-refractivity contribution < 1.29 is 14.1 Å². The number of hydrogen-bond acceptors (Lipinski definition) is 6. The molecule has 1 N–H and O–H groups in total. The van der Waals surface area contributed by atoms with Gasteiger partial charge in [-0.25, -0.2) is 4.98 Å². The van der Waals surface area contributed by atoms with E-state index < -0.39 is 5.56 Å². The van der Waals surface area contributed by atoms with Gasteiger partial charge in [0.25, 0.3) is 11.5 Å². The van der Waals surface area contributed by atoms with Gasteiger partial charge in [-0.2, -0.15) is 0 Å². The molecule has 1 aliphatic heterocycles. The van der Waals surface area contributed by atoms with Crippen molar-refractivity contribution in [3.63, 3.8) is 0 Å². The summed E-state index contributed by atoms with van der Waals surface area (Å²) in [5.74, 6) is 1.37. The number of rotatable bonds is 5. The highest BCUT2D eigenvalue weighted by molar-refractivity contribution is 5.94. The molecule has 0 spiro atoms. The van der Waals surface area contributed by atoms with Gasteiger partial charge < -0.3 is 19.1 Å². The molecular weight excluding hydrogens is 360 g/mol. The Morgan fingerprint density at radius 2 is 2.18 bits per heavy atom. The molecule has 1 saturated heterocycles. The van der Waals surface area contributed by atoms with E-state index in [9.17, 15) is 9.59 Å². The first-order chi connectivity index (χ1) is 13.6. The largest absolute Gasteiger partial charge is 0.486 e. The third-order valence-electron chi connectivity index (χ3n) is 4.70. The average molecular weight is 380 g/mol. The van der Waals surface area contributed by atoms with E-state index in [0.29, 0.717) is 29.6 Å². The Bertz CT molecular complexity index is 1030. The summed E-state index contributed by atoms with van der Waals surface area (Å²) >= 11 is 0. The number of amides is 1. The molecule has 1 aromatic carbocycles. The first-order valence-corrected chi connectivity index (χ1v) is 9.12. The van der Waals surface area contributed by atoms with Gasteiger partial charge in [0, 0.05) is 18.8 Å². The van der Waals surface area contributed by atoms with Gasteiger partial charge in [0.1, 0.15) is 35.2 Å². The normalized spacial score (nSPS) is 16.3. The van der Waals surface area contributed by atoms with E-state index in [0.717, 1.165) is 12.8 Å². The molecule has 144 valence electrons. The van der Waals surface area contributed by atoms with Gasteiger partial charge >= 0.3 is 0 Å². The zero-order chi connectivity index (χ0) is 19.5. The standard InChI is InChI=1S/C20H20N4O4/c1-13-10-16(23-28-13)17-8-5-9-24(17)20(26)15-11-21-18(22-19(15)25)12-27-14-6-3-2-4-7-14/h2-4,6-7,10-11,17H,5,8-9,12H2,1H3,(H,21,22,25). The lowest BCUT2D eigenvalue weighted by Gasteiger charge is -2.22. The Labute approximate surface area is 161 Å². The van der Waals surface area contributed by atoms with Crippen LogP contribution in [0.1, 0.15) is 46.5 Å². The van der Waals surface area contributed by atoms with Crippen molar-refractivity contribution in [2.75, 3.05) is 6.54 Å². The number of ether oxygens (including phenoxy) is 1. The van der Waals surface area contributed by atoms with Crippen molar-refractivity contribution in [3.05, 3.63) is 75.8 Å². The van der Waals surface area contributed by atoms with Crippen molar-refractivity contribution >= 4 is 5.91 Å². The van der Waals surface area contributed by atoms with E-state index in [2.05, 4.69) is 15.1 Å². The molecule has 1 atom stereocenters. The van der Waals surface area contributed by atoms with Gasteiger partial charge in [0.05, 0.1) is 6.04 Å². The number of nitrogens with zero attached hydrogens (tertiary/aromatic N) is 3. The number of para-hydroxylation sites is 1. The van der Waals surface area contributed by atoms with E-state index in [-0.39, 0.29) is 24.1 Å². The molecular formula is C20H20N4O4. The second kappa shape index (κ2) is 7.67. The van der Waals surface area contributed by atoms with Crippen LogP contribution in [0.5, 0.6) is 5.75 Å². The maximum atomic E-state index is 12.9. The summed E-state index contributed by atoms with van der Waals surface area (Å²) in [5, 5.41) is 4.03. The van der Waals surface area contributed by atoms with Crippen LogP contribution in [0.4, 0.5) is 0 Å². The smallest absolute Gasteiger partial charge is 0.263 e. The second-order valence-corrected chi connectivity index (χ2v) is 6.69. The summed E-state index contributed by atoms with van der Waals surface area (Å²) in [6.07, 6.45) is 2.94. The predicted octanol–water partition coefficient (Wildman–Crippen LogP) is 2.62. The van der Waals surface area contributed by atoms with E-state index in [1.54, 1.807) is 4.90 Å². The minimum atomic E-state index is -0.478. The van der Waals surface area contributed by atoms with Gasteiger partial charge in [-0.1, -0.05) is 23.4 Å². The van der Waals surface area contributed by atoms with E-state index >= 15 is 0 Å². The number of nitrogens with one attached hydrogen (secondary N) is 1. The fourth-order valence-corrected chi connectivity index (χ4v) is 3.34. The van der Waals surface area contributed by atoms with Crippen LogP contribution in [0, 0.1) is 6.92 Å². The highest BCUT2D eigenvalue weighted by Gasteiger charge is 2.33. The van der Waals surface area contributed by atoms with Gasteiger partial charge in [0.15, 0.2) is 0 Å². The molecule has 28 heavy (non-hydrogen) atoms. The Hall–Kier alpha value is -3.42. The number of hydrogen-bond donors (Lipinski definition) is 1. The van der Waals surface area contributed by atoms with Crippen molar-refractivity contribution in [2.24, 2.45) is 0 Å². The van der Waals surface area contributed by atoms with Crippen LogP contribution in [-0.2, 0) is 6.61 Å². The molecule has 8 nitrogen and oxygen atoms in total. The number of carbonyl (C=O) groups is 1. The van der Waals surface area contributed by atoms with Crippen molar-refractivity contribution in [2.45, 2.75) is 32.4 Å². The molecule has 4 rings (SSSR count). The van der Waals surface area contributed by atoms with Gasteiger partial charge in [0.2, 0.25) is 0 Å². The van der Waals surface area contributed by atoms with Crippen LogP contribution in [0.2, 0.25) is 0 Å². The lowest BCUT2D eigenvalue weighted by atomic mass is 10.1. The molecule has 1 unspecified atom stereocenters. The number of aromatic amines is 1. The Morgan fingerprint density at radius 1 is 1.36 bits per heavy atom. The summed E-state index contributed by atoms with van der Waals surface area (Å²) in [6, 6.07) is 10.9. The Morgan fingerprint density at radius 3 is 2.89 bits per heavy atom. The monoisotopic (exact) mass is 380 g/mol. The predicted molar refractivity (Wildman–Crippen MR) is 99.9 cm³/mol. The lowest BCUT2D eigenvalue weighted by molar-refractivity contribution is 0.0728. The van der Waals surface area contributed by atoms with Crippen LogP contribution in [0.3, 0.4) is 0 Å². The first-order valence-electron chi connectivity index (χ1n) is 9.12. The molecule has 1 aliphatic rings. The second-order valence-electron chi connectivity index (χ2n) is 6.69. The van der Waals surface area contributed by atoms with Gasteiger partial charge in [-0.05, 0) is 31.9 Å². The third-order valence-corrected chi connectivity index (χ3v) is 4.70. The quantitative estimate of drug-likeness (QED) is 0.730. The topological polar surface area (TPSA) is 101 Å². The maximum Gasteiger partial charge on any atom is 0.263 e. The minimum absolute atomic E-state index is 0.00979. The molecule has 0 radical (unpaired) electrons. The fourth-order valence-electron chi connectivity index (χ4n) is 3.34. The molecule has 0 bridgehead atoms. The zero-order valence-corrected chi connectivity index (χ0v) is 15.4. The number of carbonyl (C=O) groups excluding carboxylic acids is 1. The highest BCUT2D eigenvalue weighted by atomic mass is 16.5. The van der Waals surface area contributed by atoms with Crippen LogP contribution in [0.15, 0.2) is 51.9 Å². The lowest BCUT2D eigenvalue weighted by Crippen LogP contribution is -2.35. The van der Waals surface area contributed by atoms with Crippen LogP contribution < -0.4 is 10.3 Å². The van der Waals surface area contributed by atoms with Gasteiger partial charge in [-0.15, -0.1) is 0 Å². The summed E-state index contributed by atoms with van der Waals surface area (Å²) in [7, 11) is 0. The van der Waals surface area contributed by atoms with Crippen molar-refractivity contribution in [3.8, 4) is 5.75 Å². The zero-order valence-electron chi connectivity index (χ0n) is 15.4. The summed E-state index contributed by atoms with van der Waals surface area (Å²) in [5.41, 5.74) is 0.241. The molecule has 3 heterocycles. The van der Waals surface area contributed by atoms with Gasteiger partial charge in [-0.3, -0.25) is 9.59 Å². The molecule has 0 saturated carbocycles. The number of likely N-dealkylation sites (tertiary alicyclic amines) is 1. The van der Waals surface area contributed by atoms with Crippen LogP contribution in [-0.4, -0.2) is 32.5 Å². The maximum absolute atomic E-state index is 12.9. The van der Waals surface area contributed by atoms with E-state index in [1.165, 1.54) is 6.20 Å². The molecule has 8 heteroatoms. The highest BCUT2D eigenvalue weighted by Crippen LogP contribution is 2.32. The molecule has 3 aromatic rings.